The van der Waals surface area contributed by atoms with Crippen molar-refractivity contribution in [3.8, 4) is 17.2 Å². The molecule has 7 heteroatoms. The number of aryl methyl sites for hydroxylation is 1. The fourth-order valence-electron chi connectivity index (χ4n) is 4.04. The van der Waals surface area contributed by atoms with Crippen LogP contribution in [-0.4, -0.2) is 49.6 Å². The first-order valence-electron chi connectivity index (χ1n) is 11.4. The molecule has 0 aromatic heterocycles. The van der Waals surface area contributed by atoms with E-state index >= 15 is 0 Å². The SMILES string of the molecule is COc1cc(OC)cc(OCC(=O)N(Cc2ccccc2C)C(C)C(=O)NC2CCCC2)c1. The molecule has 1 atom stereocenters. The van der Waals surface area contributed by atoms with Crippen LogP contribution >= 0.6 is 0 Å². The topological polar surface area (TPSA) is 77.1 Å². The first-order valence-corrected chi connectivity index (χ1v) is 11.4. The molecule has 1 unspecified atom stereocenters. The number of ether oxygens (including phenoxy) is 3. The van der Waals surface area contributed by atoms with E-state index in [2.05, 4.69) is 5.32 Å². The zero-order chi connectivity index (χ0) is 23.8. The third-order valence-electron chi connectivity index (χ3n) is 6.16. The highest BCUT2D eigenvalue weighted by atomic mass is 16.5. The summed E-state index contributed by atoms with van der Waals surface area (Å²) in [5.74, 6) is 1.19. The summed E-state index contributed by atoms with van der Waals surface area (Å²) in [6, 6.07) is 12.6. The van der Waals surface area contributed by atoms with Crippen LogP contribution in [0.2, 0.25) is 0 Å². The molecule has 2 aromatic rings. The Morgan fingerprint density at radius 1 is 1.03 bits per heavy atom. The Hall–Kier alpha value is -3.22. The largest absolute Gasteiger partial charge is 0.496 e. The van der Waals surface area contributed by atoms with Crippen LogP contribution in [0.3, 0.4) is 0 Å². The van der Waals surface area contributed by atoms with Crippen LogP contribution < -0.4 is 19.5 Å². The number of benzene rings is 2. The van der Waals surface area contributed by atoms with Crippen LogP contribution in [0.25, 0.3) is 0 Å². The van der Waals surface area contributed by atoms with Crippen molar-refractivity contribution in [1.29, 1.82) is 0 Å². The van der Waals surface area contributed by atoms with E-state index in [1.807, 2.05) is 31.2 Å². The molecule has 1 saturated carbocycles. The van der Waals surface area contributed by atoms with Crippen molar-refractivity contribution in [2.45, 2.75) is 58.2 Å². The first-order chi connectivity index (χ1) is 15.9. The van der Waals surface area contributed by atoms with Gasteiger partial charge in [0.1, 0.15) is 23.3 Å². The van der Waals surface area contributed by atoms with Crippen molar-refractivity contribution in [1.82, 2.24) is 10.2 Å². The summed E-state index contributed by atoms with van der Waals surface area (Å²) >= 11 is 0. The maximum Gasteiger partial charge on any atom is 0.261 e. The molecule has 0 radical (unpaired) electrons. The Balaban J connectivity index is 1.75. The summed E-state index contributed by atoms with van der Waals surface area (Å²) < 4.78 is 16.3. The minimum Gasteiger partial charge on any atom is -0.496 e. The first kappa shape index (κ1) is 24.4. The zero-order valence-electron chi connectivity index (χ0n) is 19.9. The Bertz CT molecular complexity index is 933. The van der Waals surface area contributed by atoms with Crippen molar-refractivity contribution in [3.05, 3.63) is 53.6 Å². The molecule has 178 valence electrons. The maximum absolute atomic E-state index is 13.3. The molecule has 3 rings (SSSR count). The molecule has 7 nitrogen and oxygen atoms in total. The van der Waals surface area contributed by atoms with E-state index in [4.69, 9.17) is 14.2 Å². The summed E-state index contributed by atoms with van der Waals surface area (Å²) in [6.45, 7) is 3.90. The van der Waals surface area contributed by atoms with Gasteiger partial charge in [-0.3, -0.25) is 9.59 Å². The fourth-order valence-corrected chi connectivity index (χ4v) is 4.04. The van der Waals surface area contributed by atoms with Gasteiger partial charge in [0.25, 0.3) is 5.91 Å². The van der Waals surface area contributed by atoms with Crippen molar-refractivity contribution in [3.63, 3.8) is 0 Å². The standard InChI is InChI=1S/C26H34N2O5/c1-18-9-5-6-10-20(18)16-28(19(2)26(30)27-21-11-7-8-12-21)25(29)17-33-24-14-22(31-3)13-23(15-24)32-4/h5-6,9-10,13-15,19,21H,7-8,11-12,16-17H2,1-4H3,(H,27,30). The molecular weight excluding hydrogens is 420 g/mol. The lowest BCUT2D eigenvalue weighted by molar-refractivity contribution is -0.142. The average Bonchev–Trinajstić information content (AvgIpc) is 3.34. The van der Waals surface area contributed by atoms with Crippen LogP contribution in [-0.2, 0) is 16.1 Å². The Morgan fingerprint density at radius 3 is 2.24 bits per heavy atom. The van der Waals surface area contributed by atoms with Gasteiger partial charge in [-0.15, -0.1) is 0 Å². The molecule has 33 heavy (non-hydrogen) atoms. The van der Waals surface area contributed by atoms with Crippen LogP contribution in [0.1, 0.15) is 43.7 Å². The van der Waals surface area contributed by atoms with E-state index in [1.165, 1.54) is 0 Å². The van der Waals surface area contributed by atoms with Crippen LogP contribution in [0.4, 0.5) is 0 Å². The van der Waals surface area contributed by atoms with Gasteiger partial charge in [-0.1, -0.05) is 37.1 Å². The molecule has 0 spiro atoms. The third kappa shape index (κ3) is 6.63. The van der Waals surface area contributed by atoms with E-state index < -0.39 is 6.04 Å². The number of nitrogens with one attached hydrogen (secondary N) is 1. The molecule has 1 fully saturated rings. The van der Waals surface area contributed by atoms with Gasteiger partial charge in [0.2, 0.25) is 5.91 Å². The number of hydrogen-bond acceptors (Lipinski definition) is 5. The van der Waals surface area contributed by atoms with Crippen LogP contribution in [0, 0.1) is 6.92 Å². The molecule has 0 saturated heterocycles. The lowest BCUT2D eigenvalue weighted by Crippen LogP contribution is -2.50. The highest BCUT2D eigenvalue weighted by Crippen LogP contribution is 2.27. The molecule has 0 aliphatic heterocycles. The van der Waals surface area contributed by atoms with E-state index in [0.29, 0.717) is 23.8 Å². The highest BCUT2D eigenvalue weighted by Gasteiger charge is 2.29. The Kier molecular flexibility index (Phi) is 8.58. The molecule has 0 bridgehead atoms. The van der Waals surface area contributed by atoms with Gasteiger partial charge in [-0.25, -0.2) is 0 Å². The second-order valence-electron chi connectivity index (χ2n) is 8.45. The van der Waals surface area contributed by atoms with E-state index in [-0.39, 0.29) is 24.5 Å². The molecular formula is C26H34N2O5. The summed E-state index contributed by atoms with van der Waals surface area (Å²) in [6.07, 6.45) is 4.24. The summed E-state index contributed by atoms with van der Waals surface area (Å²) in [4.78, 5) is 27.9. The van der Waals surface area contributed by atoms with Gasteiger partial charge in [-0.2, -0.15) is 0 Å². The van der Waals surface area contributed by atoms with Crippen molar-refractivity contribution < 1.29 is 23.8 Å². The molecule has 2 aromatic carbocycles. The number of hydrogen-bond donors (Lipinski definition) is 1. The van der Waals surface area contributed by atoms with Gasteiger partial charge in [0.15, 0.2) is 6.61 Å². The minimum absolute atomic E-state index is 0.133. The Labute approximate surface area is 196 Å². The lowest BCUT2D eigenvalue weighted by atomic mass is 10.1. The van der Waals surface area contributed by atoms with E-state index in [1.54, 1.807) is 44.2 Å². The normalized spacial score (nSPS) is 14.4. The number of amides is 2. The molecule has 1 N–H and O–H groups in total. The second-order valence-corrected chi connectivity index (χ2v) is 8.45. The number of carbonyl (C=O) groups excluding carboxylic acids is 2. The van der Waals surface area contributed by atoms with E-state index in [0.717, 1.165) is 36.8 Å². The minimum atomic E-state index is -0.624. The van der Waals surface area contributed by atoms with Gasteiger partial charge >= 0.3 is 0 Å². The number of nitrogens with zero attached hydrogens (tertiary/aromatic N) is 1. The average molecular weight is 455 g/mol. The van der Waals surface area contributed by atoms with Crippen molar-refractivity contribution in [2.75, 3.05) is 20.8 Å². The quantitative estimate of drug-likeness (QED) is 0.590. The number of carbonyl (C=O) groups is 2. The van der Waals surface area contributed by atoms with Crippen LogP contribution in [0.5, 0.6) is 17.2 Å². The lowest BCUT2D eigenvalue weighted by Gasteiger charge is -2.30. The fraction of sp³-hybridized carbons (Fsp3) is 0.462. The number of methoxy groups -OCH3 is 2. The smallest absolute Gasteiger partial charge is 0.261 e. The summed E-state index contributed by atoms with van der Waals surface area (Å²) in [5, 5.41) is 3.11. The third-order valence-corrected chi connectivity index (χ3v) is 6.16. The van der Waals surface area contributed by atoms with Crippen molar-refractivity contribution >= 4 is 11.8 Å². The summed E-state index contributed by atoms with van der Waals surface area (Å²) in [5.41, 5.74) is 2.06. The monoisotopic (exact) mass is 454 g/mol. The summed E-state index contributed by atoms with van der Waals surface area (Å²) in [7, 11) is 3.11. The number of rotatable bonds is 10. The zero-order valence-corrected chi connectivity index (χ0v) is 19.9. The van der Waals surface area contributed by atoms with E-state index in [9.17, 15) is 9.59 Å². The van der Waals surface area contributed by atoms with Crippen molar-refractivity contribution in [2.24, 2.45) is 0 Å². The predicted molar refractivity (Wildman–Crippen MR) is 127 cm³/mol. The predicted octanol–water partition coefficient (Wildman–Crippen LogP) is 3.87. The molecule has 1 aliphatic carbocycles. The molecule has 2 amide bonds. The molecule has 1 aliphatic rings. The molecule has 0 heterocycles. The van der Waals surface area contributed by atoms with Crippen LogP contribution in [0.15, 0.2) is 42.5 Å². The second kappa shape index (κ2) is 11.6. The highest BCUT2D eigenvalue weighted by molar-refractivity contribution is 5.88. The van der Waals surface area contributed by atoms with Gasteiger partial charge in [0, 0.05) is 30.8 Å². The van der Waals surface area contributed by atoms with Gasteiger partial charge < -0.3 is 24.4 Å². The maximum atomic E-state index is 13.3. The van der Waals surface area contributed by atoms with Gasteiger partial charge in [-0.05, 0) is 37.8 Å². The Morgan fingerprint density at radius 2 is 1.64 bits per heavy atom. The van der Waals surface area contributed by atoms with Gasteiger partial charge in [0.05, 0.1) is 14.2 Å².